The van der Waals surface area contributed by atoms with E-state index < -0.39 is 17.7 Å². The molecule has 1 aromatic rings. The number of hydrogen-bond donors (Lipinski definition) is 2. The van der Waals surface area contributed by atoms with Crippen LogP contribution in [0, 0.1) is 0 Å². The van der Waals surface area contributed by atoms with Crippen LogP contribution in [-0.4, -0.2) is 32.6 Å². The van der Waals surface area contributed by atoms with Crippen molar-refractivity contribution in [3.63, 3.8) is 0 Å². The summed E-state index contributed by atoms with van der Waals surface area (Å²) >= 11 is 6.08. The smallest absolute Gasteiger partial charge is 0.417 e. The van der Waals surface area contributed by atoms with Crippen LogP contribution in [0.3, 0.4) is 0 Å². The maximum Gasteiger partial charge on any atom is 0.417 e. The van der Waals surface area contributed by atoms with Gasteiger partial charge in [0.25, 0.3) is 0 Å². The Morgan fingerprint density at radius 1 is 1.43 bits per heavy atom. The van der Waals surface area contributed by atoms with Gasteiger partial charge in [0.1, 0.15) is 0 Å². The van der Waals surface area contributed by atoms with Crippen molar-refractivity contribution in [3.05, 3.63) is 16.4 Å². The highest BCUT2D eigenvalue weighted by Gasteiger charge is 2.57. The minimum Gasteiger partial charge on any atom is -0.480 e. The molecule has 0 fully saturated rings. The molecule has 1 heterocycles. The van der Waals surface area contributed by atoms with Gasteiger partial charge in [-0.15, -0.1) is 0 Å². The summed E-state index contributed by atoms with van der Waals surface area (Å²) in [4.78, 5) is 11.0. The van der Waals surface area contributed by atoms with Crippen LogP contribution in [-0.2, 0) is 24.3 Å². The Morgan fingerprint density at radius 2 is 2.00 bits per heavy atom. The minimum absolute atomic E-state index is 0.266. The summed E-state index contributed by atoms with van der Waals surface area (Å²) in [5.41, 5.74) is -2.14. The van der Waals surface area contributed by atoms with Crippen LogP contribution < -0.4 is 5.32 Å². The summed E-state index contributed by atoms with van der Waals surface area (Å²) < 4.78 is 40.2. The predicted molar refractivity (Wildman–Crippen MR) is 71.2 cm³/mol. The van der Waals surface area contributed by atoms with Gasteiger partial charge in [0.15, 0.2) is 0 Å². The third-order valence-electron chi connectivity index (χ3n) is 3.30. The van der Waals surface area contributed by atoms with Gasteiger partial charge < -0.3 is 5.11 Å². The molecule has 0 aliphatic heterocycles. The zero-order chi connectivity index (χ0) is 16.4. The van der Waals surface area contributed by atoms with E-state index in [2.05, 4.69) is 5.10 Å². The standard InChI is InChI=1S/C12H17ClF3N3O2/c1-4-7-9(13)8(19(5-2)18-7)6-17-11(3,10(20)21)12(14,15)16/h17H,4-6H2,1-3H3,(H,20,21). The molecule has 1 atom stereocenters. The van der Waals surface area contributed by atoms with Crippen molar-refractivity contribution in [1.82, 2.24) is 15.1 Å². The molecular weight excluding hydrogens is 311 g/mol. The number of halogens is 4. The highest BCUT2D eigenvalue weighted by atomic mass is 35.5. The van der Waals surface area contributed by atoms with Crippen molar-refractivity contribution in [2.75, 3.05) is 0 Å². The maximum atomic E-state index is 12.9. The Labute approximate surface area is 125 Å². The van der Waals surface area contributed by atoms with Gasteiger partial charge in [-0.05, 0) is 20.3 Å². The number of aryl methyl sites for hydroxylation is 2. The van der Waals surface area contributed by atoms with Crippen molar-refractivity contribution in [1.29, 1.82) is 0 Å². The average molecular weight is 328 g/mol. The summed E-state index contributed by atoms with van der Waals surface area (Å²) in [6.45, 7) is 4.25. The number of carbonyl (C=O) groups is 1. The van der Waals surface area contributed by atoms with Crippen LogP contribution in [0.2, 0.25) is 5.02 Å². The van der Waals surface area contributed by atoms with E-state index >= 15 is 0 Å². The van der Waals surface area contributed by atoms with Crippen molar-refractivity contribution in [2.24, 2.45) is 0 Å². The largest absolute Gasteiger partial charge is 0.480 e. The number of aliphatic carboxylic acids is 1. The topological polar surface area (TPSA) is 67.2 Å². The number of carboxylic acid groups (broad SMARTS) is 1. The monoisotopic (exact) mass is 327 g/mol. The third kappa shape index (κ3) is 3.32. The maximum absolute atomic E-state index is 12.9. The summed E-state index contributed by atoms with van der Waals surface area (Å²) in [7, 11) is 0. The fourth-order valence-corrected chi connectivity index (χ4v) is 2.08. The molecular formula is C12H17ClF3N3O2. The molecule has 0 aliphatic rings. The molecule has 2 N–H and O–H groups in total. The average Bonchev–Trinajstić information content (AvgIpc) is 2.70. The number of nitrogens with zero attached hydrogens (tertiary/aromatic N) is 2. The fraction of sp³-hybridized carbons (Fsp3) is 0.667. The van der Waals surface area contributed by atoms with Crippen LogP contribution in [0.4, 0.5) is 13.2 Å². The van der Waals surface area contributed by atoms with Crippen LogP contribution in [0.1, 0.15) is 32.2 Å². The lowest BCUT2D eigenvalue weighted by Crippen LogP contribution is -2.59. The van der Waals surface area contributed by atoms with Gasteiger partial charge in [-0.25, -0.2) is 4.79 Å². The number of rotatable bonds is 6. The van der Waals surface area contributed by atoms with E-state index in [1.54, 1.807) is 6.92 Å². The lowest BCUT2D eigenvalue weighted by Gasteiger charge is -2.28. The number of hydrogen-bond acceptors (Lipinski definition) is 3. The molecule has 0 bridgehead atoms. The Kier molecular flexibility index (Phi) is 5.27. The first-order chi connectivity index (χ1) is 9.58. The first kappa shape index (κ1) is 17.8. The van der Waals surface area contributed by atoms with E-state index in [-0.39, 0.29) is 11.6 Å². The van der Waals surface area contributed by atoms with Crippen LogP contribution in [0.5, 0.6) is 0 Å². The Morgan fingerprint density at radius 3 is 2.38 bits per heavy atom. The van der Waals surface area contributed by atoms with Crippen LogP contribution in [0.15, 0.2) is 0 Å². The Hall–Kier alpha value is -1.28. The molecule has 0 spiro atoms. The molecule has 5 nitrogen and oxygen atoms in total. The Balaban J connectivity index is 3.07. The van der Waals surface area contributed by atoms with E-state index in [9.17, 15) is 18.0 Å². The molecule has 1 aromatic heterocycles. The predicted octanol–water partition coefficient (Wildman–Crippen LogP) is 2.61. The molecule has 1 unspecified atom stereocenters. The molecule has 0 aromatic carbocycles. The summed E-state index contributed by atoms with van der Waals surface area (Å²) in [5.74, 6) is -2.00. The van der Waals surface area contributed by atoms with Gasteiger partial charge >= 0.3 is 12.1 Å². The molecule has 0 saturated heterocycles. The first-order valence-corrected chi connectivity index (χ1v) is 6.75. The van der Waals surface area contributed by atoms with Gasteiger partial charge in [0, 0.05) is 13.1 Å². The highest BCUT2D eigenvalue weighted by molar-refractivity contribution is 6.31. The van der Waals surface area contributed by atoms with Crippen LogP contribution in [0.25, 0.3) is 0 Å². The molecule has 21 heavy (non-hydrogen) atoms. The van der Waals surface area contributed by atoms with E-state index in [0.717, 1.165) is 0 Å². The first-order valence-electron chi connectivity index (χ1n) is 6.37. The van der Waals surface area contributed by atoms with Crippen molar-refractivity contribution >= 4 is 17.6 Å². The second-order valence-electron chi connectivity index (χ2n) is 4.66. The highest BCUT2D eigenvalue weighted by Crippen LogP contribution is 2.31. The summed E-state index contributed by atoms with van der Waals surface area (Å²) in [5, 5.41) is 15.3. The van der Waals surface area contributed by atoms with E-state index in [1.165, 1.54) is 4.68 Å². The number of alkyl halides is 3. The molecule has 0 radical (unpaired) electrons. The zero-order valence-corrected chi connectivity index (χ0v) is 12.6. The van der Waals surface area contributed by atoms with E-state index in [1.807, 2.05) is 12.2 Å². The van der Waals surface area contributed by atoms with Gasteiger partial charge in [-0.1, -0.05) is 18.5 Å². The quantitative estimate of drug-likeness (QED) is 0.843. The van der Waals surface area contributed by atoms with Crippen molar-refractivity contribution < 1.29 is 23.1 Å². The van der Waals surface area contributed by atoms with Gasteiger partial charge in [0.05, 0.1) is 16.4 Å². The second kappa shape index (κ2) is 6.23. The lowest BCUT2D eigenvalue weighted by atomic mass is 10.0. The fourth-order valence-electron chi connectivity index (χ4n) is 1.74. The van der Waals surface area contributed by atoms with Gasteiger partial charge in [-0.3, -0.25) is 10.00 Å². The molecule has 0 aliphatic carbocycles. The second-order valence-corrected chi connectivity index (χ2v) is 5.04. The van der Waals surface area contributed by atoms with Crippen molar-refractivity contribution in [2.45, 2.75) is 52.0 Å². The van der Waals surface area contributed by atoms with E-state index in [0.29, 0.717) is 31.3 Å². The van der Waals surface area contributed by atoms with Crippen molar-refractivity contribution in [3.8, 4) is 0 Å². The van der Waals surface area contributed by atoms with Gasteiger partial charge in [-0.2, -0.15) is 18.3 Å². The number of nitrogens with one attached hydrogen (secondary N) is 1. The third-order valence-corrected chi connectivity index (χ3v) is 3.73. The van der Waals surface area contributed by atoms with E-state index in [4.69, 9.17) is 16.7 Å². The lowest BCUT2D eigenvalue weighted by molar-refractivity contribution is -0.206. The summed E-state index contributed by atoms with van der Waals surface area (Å²) in [6, 6.07) is 0. The molecule has 1 rings (SSSR count). The molecule has 120 valence electrons. The molecule has 0 amide bonds. The molecule has 9 heteroatoms. The SMILES string of the molecule is CCc1nn(CC)c(CNC(C)(C(=O)O)C(F)(F)F)c1Cl. The normalized spacial score (nSPS) is 15.0. The van der Waals surface area contributed by atoms with Crippen LogP contribution >= 0.6 is 11.6 Å². The van der Waals surface area contributed by atoms with Gasteiger partial charge in [0.2, 0.25) is 5.54 Å². The number of aromatic nitrogens is 2. The number of carboxylic acids is 1. The summed E-state index contributed by atoms with van der Waals surface area (Å²) in [6.07, 6.45) is -4.40. The molecule has 0 saturated carbocycles. The Bertz CT molecular complexity index is 531. The zero-order valence-electron chi connectivity index (χ0n) is 11.9. The minimum atomic E-state index is -4.93.